The zero-order valence-corrected chi connectivity index (χ0v) is 20.3. The number of nitrogens with one attached hydrogen (secondary N) is 1. The molecule has 4 rings (SSSR count). The summed E-state index contributed by atoms with van der Waals surface area (Å²) in [5.41, 5.74) is 25.0. The highest BCUT2D eigenvalue weighted by molar-refractivity contribution is 5.96. The van der Waals surface area contributed by atoms with Crippen molar-refractivity contribution < 1.29 is 14.6 Å². The average molecular weight is 509 g/mol. The number of ether oxygens (including phenoxy) is 1. The lowest BCUT2D eigenvalue weighted by Gasteiger charge is -2.37. The van der Waals surface area contributed by atoms with Gasteiger partial charge in [0.1, 0.15) is 5.75 Å². The van der Waals surface area contributed by atoms with E-state index >= 15 is 0 Å². The molecule has 10 N–H and O–H groups in total. The largest absolute Gasteiger partial charge is 0.495 e. The SMILES string of the molecule is COc1cccc(C(=O)O)c1Nc1nc(N2C[C@H](N)C[C@H](N)C2)nc(N2C[C@H](N)C[C@H](N)C2)n1.Cl. The summed E-state index contributed by atoms with van der Waals surface area (Å²) >= 11 is 0. The van der Waals surface area contributed by atoms with E-state index in [2.05, 4.69) is 20.3 Å². The van der Waals surface area contributed by atoms with Crippen molar-refractivity contribution in [3.05, 3.63) is 23.8 Å². The first-order chi connectivity index (χ1) is 16.2. The zero-order valence-electron chi connectivity index (χ0n) is 19.5. The lowest BCUT2D eigenvalue weighted by Crippen LogP contribution is -2.54. The van der Waals surface area contributed by atoms with Gasteiger partial charge in [-0.2, -0.15) is 15.0 Å². The lowest BCUT2D eigenvalue weighted by atomic mass is 10.0. The summed E-state index contributed by atoms with van der Waals surface area (Å²) in [7, 11) is 1.46. The number of piperidine rings is 2. The summed E-state index contributed by atoms with van der Waals surface area (Å²) in [5.74, 6) is 0.159. The van der Waals surface area contributed by atoms with E-state index in [9.17, 15) is 9.90 Å². The van der Waals surface area contributed by atoms with E-state index in [0.29, 0.717) is 56.7 Å². The fourth-order valence-electron chi connectivity index (χ4n) is 4.50. The second-order valence-corrected chi connectivity index (χ2v) is 8.89. The van der Waals surface area contributed by atoms with Crippen LogP contribution in [0.5, 0.6) is 5.75 Å². The van der Waals surface area contributed by atoms with Crippen LogP contribution in [0.1, 0.15) is 23.2 Å². The van der Waals surface area contributed by atoms with E-state index in [1.807, 2.05) is 9.80 Å². The topological polar surface area (TPSA) is 208 Å². The first-order valence-electron chi connectivity index (χ1n) is 11.2. The highest BCUT2D eigenvalue weighted by Crippen LogP contribution is 2.32. The molecule has 0 aliphatic carbocycles. The van der Waals surface area contributed by atoms with Gasteiger partial charge in [0.15, 0.2) is 0 Å². The van der Waals surface area contributed by atoms with Gasteiger partial charge >= 0.3 is 5.97 Å². The molecule has 3 heterocycles. The molecule has 0 spiro atoms. The number of rotatable bonds is 6. The van der Waals surface area contributed by atoms with Gasteiger partial charge in [0.05, 0.1) is 18.4 Å². The number of hydrogen-bond acceptors (Lipinski definition) is 12. The predicted octanol–water partition coefficient (Wildman–Crippen LogP) is -0.527. The van der Waals surface area contributed by atoms with Crippen LogP contribution in [0.4, 0.5) is 23.5 Å². The van der Waals surface area contributed by atoms with Gasteiger partial charge in [-0.25, -0.2) is 4.79 Å². The van der Waals surface area contributed by atoms with Gasteiger partial charge in [0.2, 0.25) is 17.8 Å². The summed E-state index contributed by atoms with van der Waals surface area (Å²) in [5, 5.41) is 12.7. The number of carboxylic acids is 1. The molecule has 1 aromatic carbocycles. The van der Waals surface area contributed by atoms with E-state index in [0.717, 1.165) is 0 Å². The molecule has 0 bridgehead atoms. The monoisotopic (exact) mass is 508 g/mol. The van der Waals surface area contributed by atoms with Crippen molar-refractivity contribution in [1.29, 1.82) is 0 Å². The van der Waals surface area contributed by atoms with Gasteiger partial charge in [0, 0.05) is 50.3 Å². The Balaban J connectivity index is 0.00000342. The zero-order chi connectivity index (χ0) is 24.4. The molecule has 0 amide bonds. The van der Waals surface area contributed by atoms with E-state index < -0.39 is 5.97 Å². The summed E-state index contributed by atoms with van der Waals surface area (Å²) in [6.07, 6.45) is 1.41. The molecular weight excluding hydrogens is 476 g/mol. The number of aromatic nitrogens is 3. The molecular formula is C21H33ClN10O3. The number of anilines is 4. The van der Waals surface area contributed by atoms with Crippen LogP contribution < -0.4 is 42.8 Å². The summed E-state index contributed by atoms with van der Waals surface area (Å²) in [4.78, 5) is 29.5. The Bertz CT molecular complexity index is 980. The standard InChI is InChI=1S/C21H32N10O3.ClH/c1-34-16-4-2-3-15(18(32)33)17(16)26-19-27-20(30-7-11(22)5-12(23)8-30)29-21(28-19)31-9-13(24)6-14(25)10-31;/h2-4,11-14H,5-10,22-25H2,1H3,(H,32,33)(H,26,27,28,29);1H/t11-,12+,13-,14+;. The first kappa shape index (κ1) is 26.6. The third kappa shape index (κ3) is 6.18. The van der Waals surface area contributed by atoms with Crippen LogP contribution in [0.3, 0.4) is 0 Å². The fourth-order valence-corrected chi connectivity index (χ4v) is 4.50. The third-order valence-corrected chi connectivity index (χ3v) is 5.92. The molecule has 1 aromatic heterocycles. The van der Waals surface area contributed by atoms with Gasteiger partial charge < -0.3 is 47.9 Å². The first-order valence-corrected chi connectivity index (χ1v) is 11.2. The second-order valence-electron chi connectivity index (χ2n) is 8.89. The number of nitrogens with two attached hydrogens (primary N) is 4. The van der Waals surface area contributed by atoms with Crippen LogP contribution >= 0.6 is 12.4 Å². The number of carboxylic acid groups (broad SMARTS) is 1. The van der Waals surface area contributed by atoms with E-state index in [-0.39, 0.29) is 53.8 Å². The average Bonchev–Trinajstić information content (AvgIpc) is 2.77. The Morgan fingerprint density at radius 2 is 1.43 bits per heavy atom. The van der Waals surface area contributed by atoms with Crippen molar-refractivity contribution in [1.82, 2.24) is 15.0 Å². The Morgan fingerprint density at radius 1 is 0.943 bits per heavy atom. The maximum absolute atomic E-state index is 11.8. The minimum atomic E-state index is -1.11. The number of benzene rings is 1. The molecule has 35 heavy (non-hydrogen) atoms. The minimum absolute atomic E-state index is 0. The molecule has 2 aliphatic rings. The van der Waals surface area contributed by atoms with Crippen LogP contribution in [0, 0.1) is 0 Å². The molecule has 0 unspecified atom stereocenters. The van der Waals surface area contributed by atoms with Crippen LogP contribution in [0.15, 0.2) is 18.2 Å². The van der Waals surface area contributed by atoms with Crippen molar-refractivity contribution in [3.63, 3.8) is 0 Å². The lowest BCUT2D eigenvalue weighted by molar-refractivity contribution is 0.0697. The number of methoxy groups -OCH3 is 1. The molecule has 0 saturated carbocycles. The number of halogens is 1. The normalized spacial score (nSPS) is 24.5. The number of nitrogens with zero attached hydrogens (tertiary/aromatic N) is 5. The number of aromatic carboxylic acids is 1. The van der Waals surface area contributed by atoms with E-state index in [4.69, 9.17) is 27.7 Å². The molecule has 13 nitrogen and oxygen atoms in total. The minimum Gasteiger partial charge on any atom is -0.495 e. The predicted molar refractivity (Wildman–Crippen MR) is 136 cm³/mol. The number of hydrogen-bond donors (Lipinski definition) is 6. The molecule has 14 heteroatoms. The van der Waals surface area contributed by atoms with Gasteiger partial charge in [0.25, 0.3) is 0 Å². The highest BCUT2D eigenvalue weighted by Gasteiger charge is 2.29. The van der Waals surface area contributed by atoms with Gasteiger partial charge in [-0.05, 0) is 25.0 Å². The Hall–Kier alpha value is -2.97. The quantitative estimate of drug-likeness (QED) is 0.290. The van der Waals surface area contributed by atoms with Gasteiger partial charge in [-0.3, -0.25) is 0 Å². The molecule has 4 atom stereocenters. The van der Waals surface area contributed by atoms with E-state index in [1.54, 1.807) is 12.1 Å². The molecule has 192 valence electrons. The van der Waals surface area contributed by atoms with Crippen LogP contribution in [0.2, 0.25) is 0 Å². The Kier molecular flexibility index (Phi) is 8.51. The van der Waals surface area contributed by atoms with E-state index in [1.165, 1.54) is 13.2 Å². The van der Waals surface area contributed by atoms with Crippen molar-refractivity contribution in [3.8, 4) is 5.75 Å². The van der Waals surface area contributed by atoms with Crippen LogP contribution in [-0.4, -0.2) is 83.5 Å². The Labute approximate surface area is 209 Å². The van der Waals surface area contributed by atoms with Gasteiger partial charge in [-0.1, -0.05) is 6.07 Å². The maximum atomic E-state index is 11.8. The van der Waals surface area contributed by atoms with Crippen LogP contribution in [0.25, 0.3) is 0 Å². The smallest absolute Gasteiger partial charge is 0.337 e. The number of carbonyl (C=O) groups is 1. The van der Waals surface area contributed by atoms with Crippen molar-refractivity contribution in [2.24, 2.45) is 22.9 Å². The molecule has 0 radical (unpaired) electrons. The molecule has 2 saturated heterocycles. The summed E-state index contributed by atoms with van der Waals surface area (Å²) in [6.45, 7) is 2.13. The fraction of sp³-hybridized carbons (Fsp3) is 0.524. The van der Waals surface area contributed by atoms with Crippen LogP contribution in [-0.2, 0) is 0 Å². The maximum Gasteiger partial charge on any atom is 0.337 e. The van der Waals surface area contributed by atoms with Crippen molar-refractivity contribution >= 4 is 41.9 Å². The van der Waals surface area contributed by atoms with Crippen molar-refractivity contribution in [2.75, 3.05) is 48.4 Å². The van der Waals surface area contributed by atoms with Gasteiger partial charge in [-0.15, -0.1) is 12.4 Å². The Morgan fingerprint density at radius 3 is 1.86 bits per heavy atom. The second kappa shape index (κ2) is 11.2. The van der Waals surface area contributed by atoms with Crippen molar-refractivity contribution in [2.45, 2.75) is 37.0 Å². The number of para-hydroxylation sites is 1. The third-order valence-electron chi connectivity index (χ3n) is 5.92. The summed E-state index contributed by atoms with van der Waals surface area (Å²) < 4.78 is 5.37. The molecule has 2 aromatic rings. The molecule has 2 fully saturated rings. The summed E-state index contributed by atoms with van der Waals surface area (Å²) in [6, 6.07) is 4.25. The molecule has 2 aliphatic heterocycles. The highest BCUT2D eigenvalue weighted by atomic mass is 35.5.